The molecule has 0 aliphatic heterocycles. The van der Waals surface area contributed by atoms with E-state index in [9.17, 15) is 4.79 Å². The van der Waals surface area contributed by atoms with Crippen LogP contribution in [0.5, 0.6) is 0 Å². The molecule has 2 nitrogen and oxygen atoms in total. The molecule has 1 aromatic carbocycles. The smallest absolute Gasteiger partial charge is 0.224 e. The largest absolute Gasteiger partial charge is 0.353 e. The molecule has 1 aliphatic rings. The highest BCUT2D eigenvalue weighted by molar-refractivity contribution is 5.78. The second-order valence-corrected chi connectivity index (χ2v) is 7.71. The van der Waals surface area contributed by atoms with E-state index in [2.05, 4.69) is 26.1 Å². The predicted octanol–water partition coefficient (Wildman–Crippen LogP) is 4.34. The summed E-state index contributed by atoms with van der Waals surface area (Å²) in [4.78, 5) is 12.1. The Balaban J connectivity index is 1.72. The molecule has 2 heteroatoms. The maximum absolute atomic E-state index is 12.1. The molecule has 1 saturated carbocycles. The summed E-state index contributed by atoms with van der Waals surface area (Å²) >= 11 is 0. The fourth-order valence-corrected chi connectivity index (χ4v) is 3.44. The number of nitrogens with one attached hydrogen (secondary N) is 1. The van der Waals surface area contributed by atoms with Gasteiger partial charge in [0, 0.05) is 6.04 Å². The second-order valence-electron chi connectivity index (χ2n) is 7.71. The van der Waals surface area contributed by atoms with Gasteiger partial charge in [-0.05, 0) is 49.0 Å². The molecule has 0 saturated heterocycles. The first-order valence-electron chi connectivity index (χ1n) is 8.26. The number of hydrogen-bond donors (Lipinski definition) is 1. The van der Waals surface area contributed by atoms with E-state index in [4.69, 9.17) is 0 Å². The topological polar surface area (TPSA) is 29.1 Å². The summed E-state index contributed by atoms with van der Waals surface area (Å²) in [6, 6.07) is 10.4. The standard InChI is InChI=1S/C19H29NO/c1-19(2,3)14-16-9-11-17(12-10-16)20-18(21)13-15-7-5-4-6-8-15/h4-8,16-17H,9-14H2,1-3H3,(H,20,21). The lowest BCUT2D eigenvalue weighted by atomic mass is 9.76. The van der Waals surface area contributed by atoms with Crippen LogP contribution in [-0.4, -0.2) is 11.9 Å². The van der Waals surface area contributed by atoms with Gasteiger partial charge >= 0.3 is 0 Å². The van der Waals surface area contributed by atoms with Crippen molar-refractivity contribution in [3.05, 3.63) is 35.9 Å². The van der Waals surface area contributed by atoms with Gasteiger partial charge < -0.3 is 5.32 Å². The van der Waals surface area contributed by atoms with Crippen molar-refractivity contribution in [2.45, 2.75) is 65.3 Å². The van der Waals surface area contributed by atoms with Crippen LogP contribution in [0.2, 0.25) is 0 Å². The summed E-state index contributed by atoms with van der Waals surface area (Å²) in [6.07, 6.45) is 6.60. The summed E-state index contributed by atoms with van der Waals surface area (Å²) < 4.78 is 0. The maximum atomic E-state index is 12.1. The Labute approximate surface area is 129 Å². The number of amides is 1. The predicted molar refractivity (Wildman–Crippen MR) is 88.1 cm³/mol. The average Bonchev–Trinajstić information content (AvgIpc) is 2.40. The van der Waals surface area contributed by atoms with Crippen molar-refractivity contribution in [2.24, 2.45) is 11.3 Å². The van der Waals surface area contributed by atoms with E-state index in [0.717, 1.165) is 24.3 Å². The Morgan fingerprint density at radius 2 is 1.71 bits per heavy atom. The highest BCUT2D eigenvalue weighted by Crippen LogP contribution is 2.34. The fraction of sp³-hybridized carbons (Fsp3) is 0.632. The van der Waals surface area contributed by atoms with Crippen LogP contribution < -0.4 is 5.32 Å². The molecule has 1 N–H and O–H groups in total. The van der Waals surface area contributed by atoms with Gasteiger partial charge in [-0.1, -0.05) is 51.1 Å². The zero-order valence-corrected chi connectivity index (χ0v) is 13.7. The highest BCUT2D eigenvalue weighted by atomic mass is 16.1. The molecule has 0 aromatic heterocycles. The van der Waals surface area contributed by atoms with Crippen molar-refractivity contribution in [3.8, 4) is 0 Å². The lowest BCUT2D eigenvalue weighted by Crippen LogP contribution is -2.38. The second kappa shape index (κ2) is 7.11. The van der Waals surface area contributed by atoms with Gasteiger partial charge in [0.05, 0.1) is 6.42 Å². The molecule has 1 amide bonds. The molecule has 116 valence electrons. The minimum atomic E-state index is 0.167. The summed E-state index contributed by atoms with van der Waals surface area (Å²) in [6.45, 7) is 6.96. The van der Waals surface area contributed by atoms with Gasteiger partial charge in [0.15, 0.2) is 0 Å². The van der Waals surface area contributed by atoms with Crippen molar-refractivity contribution >= 4 is 5.91 Å². The molecule has 0 atom stereocenters. The van der Waals surface area contributed by atoms with E-state index in [1.165, 1.54) is 19.3 Å². The molecule has 0 unspecified atom stereocenters. The van der Waals surface area contributed by atoms with Crippen LogP contribution in [0.3, 0.4) is 0 Å². The van der Waals surface area contributed by atoms with Gasteiger partial charge in [0.25, 0.3) is 0 Å². The van der Waals surface area contributed by atoms with Crippen LogP contribution in [0.4, 0.5) is 0 Å². The van der Waals surface area contributed by atoms with Gasteiger partial charge in [-0.3, -0.25) is 4.79 Å². The van der Waals surface area contributed by atoms with Crippen molar-refractivity contribution in [1.82, 2.24) is 5.32 Å². The first kappa shape index (κ1) is 16.1. The van der Waals surface area contributed by atoms with E-state index >= 15 is 0 Å². The molecule has 0 bridgehead atoms. The van der Waals surface area contributed by atoms with E-state index in [-0.39, 0.29) is 5.91 Å². The molecule has 1 aliphatic carbocycles. The van der Waals surface area contributed by atoms with E-state index in [1.807, 2.05) is 30.3 Å². The molecular formula is C19H29NO. The SMILES string of the molecule is CC(C)(C)CC1CCC(NC(=O)Cc2ccccc2)CC1. The number of carbonyl (C=O) groups excluding carboxylic acids is 1. The van der Waals surface area contributed by atoms with Crippen LogP contribution in [0.25, 0.3) is 0 Å². The van der Waals surface area contributed by atoms with Crippen LogP contribution in [0.1, 0.15) is 58.4 Å². The molecular weight excluding hydrogens is 258 g/mol. The third-order valence-electron chi connectivity index (χ3n) is 4.32. The lowest BCUT2D eigenvalue weighted by Gasteiger charge is -2.33. The molecule has 0 radical (unpaired) electrons. The Bertz CT molecular complexity index is 438. The number of hydrogen-bond acceptors (Lipinski definition) is 1. The van der Waals surface area contributed by atoms with Crippen molar-refractivity contribution in [2.75, 3.05) is 0 Å². The van der Waals surface area contributed by atoms with Gasteiger partial charge in [0.1, 0.15) is 0 Å². The van der Waals surface area contributed by atoms with Crippen LogP contribution in [0, 0.1) is 11.3 Å². The highest BCUT2D eigenvalue weighted by Gasteiger charge is 2.25. The zero-order chi connectivity index (χ0) is 15.3. The van der Waals surface area contributed by atoms with Crippen LogP contribution in [-0.2, 0) is 11.2 Å². The summed E-state index contributed by atoms with van der Waals surface area (Å²) in [5.74, 6) is 1.01. The molecule has 21 heavy (non-hydrogen) atoms. The van der Waals surface area contributed by atoms with Crippen molar-refractivity contribution < 1.29 is 4.79 Å². The minimum Gasteiger partial charge on any atom is -0.353 e. The molecule has 1 fully saturated rings. The molecule has 2 rings (SSSR count). The van der Waals surface area contributed by atoms with Gasteiger partial charge in [0.2, 0.25) is 5.91 Å². The summed E-state index contributed by atoms with van der Waals surface area (Å²) in [5, 5.41) is 3.21. The van der Waals surface area contributed by atoms with Gasteiger partial charge in [-0.25, -0.2) is 0 Å². The zero-order valence-electron chi connectivity index (χ0n) is 13.7. The van der Waals surface area contributed by atoms with E-state index in [1.54, 1.807) is 0 Å². The van der Waals surface area contributed by atoms with E-state index in [0.29, 0.717) is 17.9 Å². The first-order chi connectivity index (χ1) is 9.92. The van der Waals surface area contributed by atoms with Crippen LogP contribution in [0.15, 0.2) is 30.3 Å². The van der Waals surface area contributed by atoms with Crippen molar-refractivity contribution in [3.63, 3.8) is 0 Å². The Morgan fingerprint density at radius 1 is 1.10 bits per heavy atom. The maximum Gasteiger partial charge on any atom is 0.224 e. The molecule has 0 heterocycles. The number of benzene rings is 1. The summed E-state index contributed by atoms with van der Waals surface area (Å²) in [7, 11) is 0. The fourth-order valence-electron chi connectivity index (χ4n) is 3.44. The third-order valence-corrected chi connectivity index (χ3v) is 4.32. The Hall–Kier alpha value is -1.31. The quantitative estimate of drug-likeness (QED) is 0.877. The monoisotopic (exact) mass is 287 g/mol. The van der Waals surface area contributed by atoms with Crippen molar-refractivity contribution in [1.29, 1.82) is 0 Å². The third kappa shape index (κ3) is 5.91. The molecule has 0 spiro atoms. The minimum absolute atomic E-state index is 0.167. The Kier molecular flexibility index (Phi) is 5.44. The normalized spacial score (nSPS) is 22.8. The average molecular weight is 287 g/mol. The Morgan fingerprint density at radius 3 is 2.29 bits per heavy atom. The summed E-state index contributed by atoms with van der Waals surface area (Å²) in [5.41, 5.74) is 1.52. The first-order valence-corrected chi connectivity index (χ1v) is 8.26. The van der Waals surface area contributed by atoms with Gasteiger partial charge in [-0.15, -0.1) is 0 Å². The number of carbonyl (C=O) groups is 1. The van der Waals surface area contributed by atoms with E-state index < -0.39 is 0 Å². The van der Waals surface area contributed by atoms with Crippen LogP contribution >= 0.6 is 0 Å². The molecule has 1 aromatic rings. The lowest BCUT2D eigenvalue weighted by molar-refractivity contribution is -0.121. The van der Waals surface area contributed by atoms with Gasteiger partial charge in [-0.2, -0.15) is 0 Å². The number of rotatable bonds is 4.